The monoisotopic (exact) mass is 270 g/mol. The number of hydrogen-bond acceptors (Lipinski definition) is 1. The molecule has 0 fully saturated rings. The minimum atomic E-state index is 0.749. The maximum atomic E-state index is 3.33. The van der Waals surface area contributed by atoms with Gasteiger partial charge >= 0.3 is 0 Å². The van der Waals surface area contributed by atoms with Gasteiger partial charge in [0.1, 0.15) is 0 Å². The first kappa shape index (κ1) is 13.7. The first-order chi connectivity index (χ1) is 9.81. The van der Waals surface area contributed by atoms with Crippen LogP contribution in [0.15, 0.2) is 24.4 Å². The van der Waals surface area contributed by atoms with Crippen molar-refractivity contribution in [3.05, 3.63) is 35.5 Å². The molecule has 0 saturated carbocycles. The summed E-state index contributed by atoms with van der Waals surface area (Å²) in [5, 5.41) is 1.36. The molecule has 2 heteroatoms. The molecule has 1 atom stereocenters. The van der Waals surface area contributed by atoms with Gasteiger partial charge in [-0.2, -0.15) is 0 Å². The summed E-state index contributed by atoms with van der Waals surface area (Å²) in [7, 11) is 0. The lowest BCUT2D eigenvalue weighted by molar-refractivity contribution is 0.180. The molecule has 0 radical (unpaired) electrons. The molecule has 1 aliphatic carbocycles. The number of rotatable bonds is 5. The van der Waals surface area contributed by atoms with Crippen molar-refractivity contribution in [2.24, 2.45) is 0 Å². The lowest BCUT2D eigenvalue weighted by atomic mass is 9.86. The third-order valence-corrected chi connectivity index (χ3v) is 4.61. The molecule has 0 bridgehead atoms. The number of fused-ring (bicyclic) bond motifs is 2. The SMILES string of the molecule is CCCN(CCC)C1CCc2cc3[nH]ccc3cc2C1. The van der Waals surface area contributed by atoms with E-state index in [2.05, 4.69) is 41.9 Å². The number of aromatic amines is 1. The van der Waals surface area contributed by atoms with Crippen LogP contribution in [0.25, 0.3) is 10.9 Å². The highest BCUT2D eigenvalue weighted by atomic mass is 15.1. The van der Waals surface area contributed by atoms with Gasteiger partial charge in [0.15, 0.2) is 0 Å². The maximum Gasteiger partial charge on any atom is 0.0456 e. The van der Waals surface area contributed by atoms with E-state index >= 15 is 0 Å². The molecule has 1 aromatic carbocycles. The molecule has 108 valence electrons. The van der Waals surface area contributed by atoms with E-state index in [0.29, 0.717) is 0 Å². The van der Waals surface area contributed by atoms with Gasteiger partial charge in [-0.15, -0.1) is 0 Å². The second-order valence-corrected chi connectivity index (χ2v) is 6.12. The van der Waals surface area contributed by atoms with Gasteiger partial charge in [-0.3, -0.25) is 0 Å². The number of nitrogens with zero attached hydrogens (tertiary/aromatic N) is 1. The Morgan fingerprint density at radius 1 is 1.15 bits per heavy atom. The van der Waals surface area contributed by atoms with E-state index in [1.54, 1.807) is 11.1 Å². The topological polar surface area (TPSA) is 19.0 Å². The van der Waals surface area contributed by atoms with Crippen LogP contribution in [0.3, 0.4) is 0 Å². The summed E-state index contributed by atoms with van der Waals surface area (Å²) < 4.78 is 0. The van der Waals surface area contributed by atoms with Crippen molar-refractivity contribution >= 4 is 10.9 Å². The van der Waals surface area contributed by atoms with Gasteiger partial charge in [0.05, 0.1) is 0 Å². The van der Waals surface area contributed by atoms with Crippen LogP contribution in [-0.4, -0.2) is 29.0 Å². The molecule has 0 saturated heterocycles. The zero-order valence-electron chi connectivity index (χ0n) is 12.8. The normalized spacial score (nSPS) is 18.6. The van der Waals surface area contributed by atoms with Crippen LogP contribution in [0.4, 0.5) is 0 Å². The zero-order valence-corrected chi connectivity index (χ0v) is 12.8. The summed E-state index contributed by atoms with van der Waals surface area (Å²) in [5.41, 5.74) is 4.43. The number of aromatic nitrogens is 1. The standard InChI is InChI=1S/C18H26N2/c1-3-9-20(10-4-2)17-6-5-14-13-18-15(7-8-19-18)11-16(14)12-17/h7-8,11,13,17,19H,3-6,9-10,12H2,1-2H3. The molecule has 1 aliphatic rings. The fraction of sp³-hybridized carbons (Fsp3) is 0.556. The van der Waals surface area contributed by atoms with Crippen LogP contribution in [-0.2, 0) is 12.8 Å². The number of benzene rings is 1. The van der Waals surface area contributed by atoms with Crippen LogP contribution in [0.5, 0.6) is 0 Å². The van der Waals surface area contributed by atoms with Gasteiger partial charge < -0.3 is 9.88 Å². The quantitative estimate of drug-likeness (QED) is 0.865. The molecular formula is C18H26N2. The van der Waals surface area contributed by atoms with Crippen LogP contribution in [0.1, 0.15) is 44.2 Å². The fourth-order valence-electron chi connectivity index (χ4n) is 3.66. The molecule has 1 aromatic heterocycles. The van der Waals surface area contributed by atoms with Crippen molar-refractivity contribution in [3.8, 4) is 0 Å². The molecule has 2 nitrogen and oxygen atoms in total. The van der Waals surface area contributed by atoms with Crippen LogP contribution in [0, 0.1) is 0 Å². The minimum Gasteiger partial charge on any atom is -0.361 e. The summed E-state index contributed by atoms with van der Waals surface area (Å²) in [6.07, 6.45) is 8.36. The van der Waals surface area contributed by atoms with Gasteiger partial charge in [-0.25, -0.2) is 0 Å². The van der Waals surface area contributed by atoms with Crippen molar-refractivity contribution < 1.29 is 0 Å². The van der Waals surface area contributed by atoms with Crippen molar-refractivity contribution in [3.63, 3.8) is 0 Å². The Labute approximate surface area is 122 Å². The zero-order chi connectivity index (χ0) is 13.9. The third-order valence-electron chi connectivity index (χ3n) is 4.61. The second-order valence-electron chi connectivity index (χ2n) is 6.12. The van der Waals surface area contributed by atoms with E-state index in [0.717, 1.165) is 6.04 Å². The summed E-state index contributed by atoms with van der Waals surface area (Å²) in [6, 6.07) is 7.71. The Morgan fingerprint density at radius 2 is 1.95 bits per heavy atom. The Hall–Kier alpha value is -1.28. The van der Waals surface area contributed by atoms with Crippen molar-refractivity contribution in [2.45, 2.75) is 52.0 Å². The molecule has 1 heterocycles. The highest BCUT2D eigenvalue weighted by Gasteiger charge is 2.23. The molecule has 0 spiro atoms. The van der Waals surface area contributed by atoms with Gasteiger partial charge in [-0.05, 0) is 79.9 Å². The van der Waals surface area contributed by atoms with Crippen LogP contribution < -0.4 is 0 Å². The predicted molar refractivity (Wildman–Crippen MR) is 86.3 cm³/mol. The first-order valence-electron chi connectivity index (χ1n) is 8.14. The van der Waals surface area contributed by atoms with Crippen LogP contribution in [0.2, 0.25) is 0 Å². The van der Waals surface area contributed by atoms with Crippen molar-refractivity contribution in [1.82, 2.24) is 9.88 Å². The first-order valence-corrected chi connectivity index (χ1v) is 8.14. The van der Waals surface area contributed by atoms with E-state index in [1.807, 2.05) is 6.20 Å². The summed E-state index contributed by atoms with van der Waals surface area (Å²) in [5.74, 6) is 0. The Kier molecular flexibility index (Phi) is 4.11. The lowest BCUT2D eigenvalue weighted by Gasteiger charge is -2.35. The van der Waals surface area contributed by atoms with E-state index in [4.69, 9.17) is 0 Å². The number of aryl methyl sites for hydroxylation is 1. The number of H-pyrrole nitrogens is 1. The predicted octanol–water partition coefficient (Wildman–Crippen LogP) is 4.15. The van der Waals surface area contributed by atoms with Crippen molar-refractivity contribution in [2.75, 3.05) is 13.1 Å². The molecule has 2 aromatic rings. The molecule has 3 rings (SSSR count). The molecular weight excluding hydrogens is 244 g/mol. The van der Waals surface area contributed by atoms with Gasteiger partial charge in [0.2, 0.25) is 0 Å². The third kappa shape index (κ3) is 2.62. The Morgan fingerprint density at radius 3 is 2.70 bits per heavy atom. The van der Waals surface area contributed by atoms with E-state index < -0.39 is 0 Å². The highest BCUT2D eigenvalue weighted by molar-refractivity contribution is 5.81. The van der Waals surface area contributed by atoms with E-state index in [-0.39, 0.29) is 0 Å². The van der Waals surface area contributed by atoms with Gasteiger partial charge in [-0.1, -0.05) is 13.8 Å². The molecule has 1 N–H and O–H groups in total. The average Bonchev–Trinajstić information content (AvgIpc) is 2.91. The van der Waals surface area contributed by atoms with Gasteiger partial charge in [0, 0.05) is 17.8 Å². The van der Waals surface area contributed by atoms with E-state index in [1.165, 1.54) is 56.1 Å². The summed E-state index contributed by atoms with van der Waals surface area (Å²) in [4.78, 5) is 6.05. The number of nitrogens with one attached hydrogen (secondary N) is 1. The van der Waals surface area contributed by atoms with E-state index in [9.17, 15) is 0 Å². The molecule has 20 heavy (non-hydrogen) atoms. The smallest absolute Gasteiger partial charge is 0.0456 e. The molecule has 1 unspecified atom stereocenters. The van der Waals surface area contributed by atoms with Crippen molar-refractivity contribution in [1.29, 1.82) is 0 Å². The summed E-state index contributed by atoms with van der Waals surface area (Å²) >= 11 is 0. The van der Waals surface area contributed by atoms with Gasteiger partial charge in [0.25, 0.3) is 0 Å². The Bertz CT molecular complexity index is 564. The largest absolute Gasteiger partial charge is 0.361 e. The second kappa shape index (κ2) is 6.01. The molecule has 0 aliphatic heterocycles. The summed E-state index contributed by atoms with van der Waals surface area (Å²) in [6.45, 7) is 7.09. The maximum absolute atomic E-state index is 3.33. The highest BCUT2D eigenvalue weighted by Crippen LogP contribution is 2.28. The fourth-order valence-corrected chi connectivity index (χ4v) is 3.66. The number of hydrogen-bond donors (Lipinski definition) is 1. The lowest BCUT2D eigenvalue weighted by Crippen LogP contribution is -2.40. The minimum absolute atomic E-state index is 0.749. The molecule has 0 amide bonds. The van der Waals surface area contributed by atoms with Crippen LogP contribution >= 0.6 is 0 Å². The average molecular weight is 270 g/mol. The Balaban J connectivity index is 1.82.